The Morgan fingerprint density at radius 3 is 2.55 bits per heavy atom. The first kappa shape index (κ1) is 18.3. The van der Waals surface area contributed by atoms with Gasteiger partial charge in [0, 0.05) is 18.1 Å². The molecule has 1 unspecified atom stereocenters. The SMILES string of the molecule is CCN(CC(O)c1ccc(C)cc1)C(=O)c1nnsc1N.Cl. The number of aryl methyl sites for hydroxylation is 1. The highest BCUT2D eigenvalue weighted by Crippen LogP contribution is 2.19. The van der Waals surface area contributed by atoms with Gasteiger partial charge in [-0.3, -0.25) is 4.79 Å². The van der Waals surface area contributed by atoms with E-state index in [4.69, 9.17) is 5.73 Å². The summed E-state index contributed by atoms with van der Waals surface area (Å²) in [6.07, 6.45) is -0.748. The molecule has 120 valence electrons. The number of nitrogens with zero attached hydrogens (tertiary/aromatic N) is 3. The summed E-state index contributed by atoms with van der Waals surface area (Å²) in [7, 11) is 0. The summed E-state index contributed by atoms with van der Waals surface area (Å²) in [6, 6.07) is 7.58. The van der Waals surface area contributed by atoms with E-state index in [0.717, 1.165) is 22.7 Å². The van der Waals surface area contributed by atoms with Crippen LogP contribution in [0.15, 0.2) is 24.3 Å². The van der Waals surface area contributed by atoms with Crippen LogP contribution in [0.3, 0.4) is 0 Å². The molecule has 0 aliphatic rings. The van der Waals surface area contributed by atoms with Gasteiger partial charge in [0.2, 0.25) is 0 Å². The van der Waals surface area contributed by atoms with Crippen molar-refractivity contribution in [2.24, 2.45) is 0 Å². The summed E-state index contributed by atoms with van der Waals surface area (Å²) < 4.78 is 3.66. The van der Waals surface area contributed by atoms with E-state index >= 15 is 0 Å². The molecule has 3 N–H and O–H groups in total. The van der Waals surface area contributed by atoms with Gasteiger partial charge in [0.25, 0.3) is 5.91 Å². The van der Waals surface area contributed by atoms with Crippen molar-refractivity contribution in [3.63, 3.8) is 0 Å². The largest absolute Gasteiger partial charge is 0.387 e. The molecule has 22 heavy (non-hydrogen) atoms. The molecule has 1 atom stereocenters. The Labute approximate surface area is 139 Å². The first-order valence-corrected chi connectivity index (χ1v) is 7.42. The van der Waals surface area contributed by atoms with Gasteiger partial charge in [-0.25, -0.2) is 0 Å². The van der Waals surface area contributed by atoms with Crippen LogP contribution in [0.1, 0.15) is 34.6 Å². The van der Waals surface area contributed by atoms with Gasteiger partial charge in [0.15, 0.2) is 5.69 Å². The van der Waals surface area contributed by atoms with Crippen LogP contribution in [0, 0.1) is 6.92 Å². The lowest BCUT2D eigenvalue weighted by Crippen LogP contribution is -2.35. The third-order valence-corrected chi connectivity index (χ3v) is 3.79. The van der Waals surface area contributed by atoms with Crippen molar-refractivity contribution in [2.45, 2.75) is 20.0 Å². The summed E-state index contributed by atoms with van der Waals surface area (Å²) in [5, 5.41) is 14.3. The van der Waals surface area contributed by atoms with Crippen molar-refractivity contribution in [3.8, 4) is 0 Å². The third-order valence-electron chi connectivity index (χ3n) is 3.24. The standard InChI is InChI=1S/C14H18N4O2S.ClH/c1-3-18(14(20)12-13(15)21-17-16-12)8-11(19)10-6-4-9(2)5-7-10;/h4-7,11,19H,3,8,15H2,1-2H3;1H. The molecule has 2 rings (SSSR count). The van der Waals surface area contributed by atoms with Gasteiger partial charge in [-0.1, -0.05) is 34.3 Å². The van der Waals surface area contributed by atoms with Crippen molar-refractivity contribution in [1.29, 1.82) is 0 Å². The van der Waals surface area contributed by atoms with E-state index < -0.39 is 6.10 Å². The topological polar surface area (TPSA) is 92.3 Å². The fourth-order valence-corrected chi connectivity index (χ4v) is 2.38. The van der Waals surface area contributed by atoms with E-state index in [9.17, 15) is 9.90 Å². The highest BCUT2D eigenvalue weighted by molar-refractivity contribution is 7.10. The number of aliphatic hydroxyl groups is 1. The highest BCUT2D eigenvalue weighted by atomic mass is 35.5. The molecule has 0 spiro atoms. The molecule has 0 saturated carbocycles. The van der Waals surface area contributed by atoms with E-state index in [1.165, 1.54) is 4.90 Å². The van der Waals surface area contributed by atoms with E-state index in [2.05, 4.69) is 9.59 Å². The maximum Gasteiger partial charge on any atom is 0.277 e. The van der Waals surface area contributed by atoms with E-state index in [0.29, 0.717) is 11.5 Å². The Morgan fingerprint density at radius 1 is 1.41 bits per heavy atom. The second-order valence-corrected chi connectivity index (χ2v) is 5.54. The van der Waals surface area contributed by atoms with Crippen LogP contribution in [0.4, 0.5) is 5.00 Å². The monoisotopic (exact) mass is 342 g/mol. The minimum Gasteiger partial charge on any atom is -0.387 e. The van der Waals surface area contributed by atoms with Crippen molar-refractivity contribution in [2.75, 3.05) is 18.8 Å². The lowest BCUT2D eigenvalue weighted by Gasteiger charge is -2.23. The minimum atomic E-state index is -0.748. The lowest BCUT2D eigenvalue weighted by atomic mass is 10.1. The van der Waals surface area contributed by atoms with Crippen LogP contribution >= 0.6 is 23.9 Å². The Bertz CT molecular complexity index is 618. The number of hydrogen-bond acceptors (Lipinski definition) is 6. The van der Waals surface area contributed by atoms with Crippen molar-refractivity contribution >= 4 is 34.8 Å². The fraction of sp³-hybridized carbons (Fsp3) is 0.357. The van der Waals surface area contributed by atoms with Crippen LogP contribution < -0.4 is 5.73 Å². The number of nitrogen functional groups attached to an aromatic ring is 1. The molecule has 0 radical (unpaired) electrons. The number of benzene rings is 1. The smallest absolute Gasteiger partial charge is 0.277 e. The second kappa shape index (κ2) is 8.07. The zero-order valence-electron chi connectivity index (χ0n) is 12.4. The van der Waals surface area contributed by atoms with E-state index in [1.54, 1.807) is 0 Å². The molecule has 0 aliphatic carbocycles. The number of anilines is 1. The molecule has 0 aliphatic heterocycles. The predicted octanol–water partition coefficient (Wildman–Crippen LogP) is 2.05. The van der Waals surface area contributed by atoms with Gasteiger partial charge in [-0.2, -0.15) is 0 Å². The summed E-state index contributed by atoms with van der Waals surface area (Å²) in [5.74, 6) is -0.310. The molecule has 1 aromatic heterocycles. The first-order valence-electron chi connectivity index (χ1n) is 6.64. The van der Waals surface area contributed by atoms with Crippen LogP contribution in [0.2, 0.25) is 0 Å². The Morgan fingerprint density at radius 2 is 2.05 bits per heavy atom. The number of nitrogens with two attached hydrogens (primary N) is 1. The predicted molar refractivity (Wildman–Crippen MR) is 89.3 cm³/mol. The number of hydrogen-bond donors (Lipinski definition) is 2. The third kappa shape index (κ3) is 4.16. The highest BCUT2D eigenvalue weighted by Gasteiger charge is 2.23. The van der Waals surface area contributed by atoms with Gasteiger partial charge < -0.3 is 15.7 Å². The van der Waals surface area contributed by atoms with Gasteiger partial charge in [-0.05, 0) is 19.4 Å². The number of rotatable bonds is 5. The Balaban J connectivity index is 0.00000242. The van der Waals surface area contributed by atoms with E-state index in [1.807, 2.05) is 38.1 Å². The summed E-state index contributed by atoms with van der Waals surface area (Å²) >= 11 is 0.984. The molecule has 2 aromatic rings. The Hall–Kier alpha value is -1.70. The van der Waals surface area contributed by atoms with Gasteiger partial charge in [-0.15, -0.1) is 17.5 Å². The number of aliphatic hydroxyl groups excluding tert-OH is 1. The van der Waals surface area contributed by atoms with Crippen molar-refractivity contribution in [1.82, 2.24) is 14.5 Å². The number of amides is 1. The van der Waals surface area contributed by atoms with Gasteiger partial charge in [0.1, 0.15) is 5.00 Å². The summed E-state index contributed by atoms with van der Waals surface area (Å²) in [6.45, 7) is 4.47. The molecule has 1 heterocycles. The maximum absolute atomic E-state index is 12.3. The Kier molecular flexibility index (Phi) is 6.73. The van der Waals surface area contributed by atoms with Crippen LogP contribution in [0.5, 0.6) is 0 Å². The molecule has 6 nitrogen and oxygen atoms in total. The molecular formula is C14H19ClN4O2S. The number of carbonyl (C=O) groups excluding carboxylic acids is 1. The zero-order chi connectivity index (χ0) is 15.4. The van der Waals surface area contributed by atoms with Crippen LogP contribution in [0.25, 0.3) is 0 Å². The lowest BCUT2D eigenvalue weighted by molar-refractivity contribution is 0.0630. The molecule has 1 aromatic carbocycles. The number of likely N-dealkylation sites (N-methyl/N-ethyl adjacent to an activating group) is 1. The first-order chi connectivity index (χ1) is 10.0. The summed E-state index contributed by atoms with van der Waals surface area (Å²) in [5.41, 5.74) is 7.72. The fourth-order valence-electron chi connectivity index (χ4n) is 1.95. The van der Waals surface area contributed by atoms with Crippen LogP contribution in [-0.2, 0) is 0 Å². The van der Waals surface area contributed by atoms with Gasteiger partial charge in [0.05, 0.1) is 12.6 Å². The van der Waals surface area contributed by atoms with Gasteiger partial charge >= 0.3 is 0 Å². The normalized spacial score (nSPS) is 11.6. The molecule has 0 bridgehead atoms. The molecular weight excluding hydrogens is 324 g/mol. The quantitative estimate of drug-likeness (QED) is 0.867. The van der Waals surface area contributed by atoms with Crippen molar-refractivity contribution < 1.29 is 9.90 Å². The molecule has 1 amide bonds. The molecule has 0 fully saturated rings. The molecule has 8 heteroatoms. The number of aromatic nitrogens is 2. The number of halogens is 1. The van der Waals surface area contributed by atoms with Crippen molar-refractivity contribution in [3.05, 3.63) is 41.1 Å². The number of carbonyl (C=O) groups is 1. The summed E-state index contributed by atoms with van der Waals surface area (Å²) in [4.78, 5) is 13.8. The minimum absolute atomic E-state index is 0. The van der Waals surface area contributed by atoms with Crippen LogP contribution in [-0.4, -0.2) is 38.6 Å². The zero-order valence-corrected chi connectivity index (χ0v) is 14.0. The average Bonchev–Trinajstić information content (AvgIpc) is 2.90. The average molecular weight is 343 g/mol. The molecule has 0 saturated heterocycles. The maximum atomic E-state index is 12.3. The van der Waals surface area contributed by atoms with E-state index in [-0.39, 0.29) is 30.6 Å². The second-order valence-electron chi connectivity index (χ2n) is 4.76.